The summed E-state index contributed by atoms with van der Waals surface area (Å²) >= 11 is 0. The number of alkyl halides is 3. The second-order valence-electron chi connectivity index (χ2n) is 7.36. The third-order valence-electron chi connectivity index (χ3n) is 5.38. The highest BCUT2D eigenvalue weighted by Crippen LogP contribution is 2.33. The molecule has 2 N–H and O–H groups in total. The minimum absolute atomic E-state index is 0.0675. The molecule has 150 valence electrons. The predicted octanol–water partition coefficient (Wildman–Crippen LogP) is 4.26. The van der Waals surface area contributed by atoms with Crippen LogP contribution in [-0.2, 0) is 6.18 Å². The molecule has 0 saturated carbocycles. The fraction of sp³-hybridized carbons (Fsp3) is 0.273. The number of carbonyl (C=O) groups is 1. The zero-order chi connectivity index (χ0) is 20.6. The summed E-state index contributed by atoms with van der Waals surface area (Å²) in [7, 11) is 0. The predicted molar refractivity (Wildman–Crippen MR) is 105 cm³/mol. The first kappa shape index (κ1) is 19.4. The summed E-state index contributed by atoms with van der Waals surface area (Å²) in [5.41, 5.74) is 1.77. The van der Waals surface area contributed by atoms with Crippen molar-refractivity contribution >= 4 is 16.8 Å². The van der Waals surface area contributed by atoms with Crippen molar-refractivity contribution in [3.63, 3.8) is 0 Å². The van der Waals surface area contributed by atoms with Crippen molar-refractivity contribution in [3.05, 3.63) is 65.9 Å². The van der Waals surface area contributed by atoms with E-state index in [1.807, 2.05) is 19.1 Å². The maximum absolute atomic E-state index is 12.8. The van der Waals surface area contributed by atoms with Crippen LogP contribution in [0.4, 0.5) is 13.2 Å². The van der Waals surface area contributed by atoms with E-state index in [9.17, 15) is 18.0 Å². The maximum Gasteiger partial charge on any atom is 0.416 e. The van der Waals surface area contributed by atoms with Gasteiger partial charge in [0.05, 0.1) is 16.6 Å². The smallest absolute Gasteiger partial charge is 0.349 e. The molecule has 1 aliphatic rings. The number of aromatic nitrogens is 1. The van der Waals surface area contributed by atoms with Crippen LogP contribution in [0.15, 0.2) is 54.7 Å². The van der Waals surface area contributed by atoms with Gasteiger partial charge in [0.1, 0.15) is 0 Å². The van der Waals surface area contributed by atoms with E-state index in [0.717, 1.165) is 36.2 Å². The van der Waals surface area contributed by atoms with Crippen molar-refractivity contribution in [3.8, 4) is 11.1 Å². The summed E-state index contributed by atoms with van der Waals surface area (Å²) in [5.74, 6) is 0.248. The van der Waals surface area contributed by atoms with Crippen molar-refractivity contribution in [1.82, 2.24) is 15.6 Å². The zero-order valence-electron chi connectivity index (χ0n) is 15.8. The van der Waals surface area contributed by atoms with Gasteiger partial charge >= 0.3 is 6.18 Å². The highest BCUT2D eigenvalue weighted by Gasteiger charge is 2.30. The lowest BCUT2D eigenvalue weighted by molar-refractivity contribution is -0.137. The molecule has 0 aliphatic carbocycles. The van der Waals surface area contributed by atoms with Gasteiger partial charge in [0.2, 0.25) is 0 Å². The Hall–Kier alpha value is -2.93. The Morgan fingerprint density at radius 3 is 2.52 bits per heavy atom. The molecule has 0 bridgehead atoms. The van der Waals surface area contributed by atoms with Gasteiger partial charge in [-0.3, -0.25) is 9.78 Å². The van der Waals surface area contributed by atoms with Crippen molar-refractivity contribution in [1.29, 1.82) is 0 Å². The molecule has 1 aromatic heterocycles. The summed E-state index contributed by atoms with van der Waals surface area (Å²) in [6, 6.07) is 12.3. The van der Waals surface area contributed by atoms with E-state index in [2.05, 4.69) is 15.6 Å². The van der Waals surface area contributed by atoms with Gasteiger partial charge in [-0.15, -0.1) is 0 Å². The number of nitrogens with zero attached hydrogens (tertiary/aromatic N) is 1. The van der Waals surface area contributed by atoms with Gasteiger partial charge < -0.3 is 10.6 Å². The molecule has 1 atom stereocenters. The number of hydrogen-bond acceptors (Lipinski definition) is 3. The molecule has 1 fully saturated rings. The third-order valence-corrected chi connectivity index (χ3v) is 5.38. The van der Waals surface area contributed by atoms with Crippen LogP contribution >= 0.6 is 0 Å². The summed E-state index contributed by atoms with van der Waals surface area (Å²) in [4.78, 5) is 17.0. The fourth-order valence-corrected chi connectivity index (χ4v) is 3.43. The summed E-state index contributed by atoms with van der Waals surface area (Å²) in [5, 5.41) is 6.95. The van der Waals surface area contributed by atoms with Crippen LogP contribution in [0.25, 0.3) is 22.0 Å². The first-order valence-corrected chi connectivity index (χ1v) is 9.41. The minimum atomic E-state index is -4.37. The van der Waals surface area contributed by atoms with Crippen LogP contribution < -0.4 is 10.6 Å². The topological polar surface area (TPSA) is 54.0 Å². The maximum atomic E-state index is 12.8. The van der Waals surface area contributed by atoms with Crippen molar-refractivity contribution in [2.75, 3.05) is 13.1 Å². The molecule has 0 spiro atoms. The SMILES string of the molecule is C[C@H](NC(=O)c1cnc2c(-c3ccc(C(F)(F)F)cc3)cccc2c1)C1CNC1. The number of halogens is 3. The van der Waals surface area contributed by atoms with Crippen molar-refractivity contribution in [2.45, 2.75) is 19.1 Å². The Morgan fingerprint density at radius 2 is 1.90 bits per heavy atom. The van der Waals surface area contributed by atoms with Gasteiger partial charge in [0.25, 0.3) is 5.91 Å². The lowest BCUT2D eigenvalue weighted by Gasteiger charge is -2.33. The van der Waals surface area contributed by atoms with Gasteiger partial charge in [-0.2, -0.15) is 13.2 Å². The van der Waals surface area contributed by atoms with E-state index in [1.165, 1.54) is 18.3 Å². The Balaban J connectivity index is 1.61. The molecule has 1 amide bonds. The van der Waals surface area contributed by atoms with Gasteiger partial charge in [-0.1, -0.05) is 30.3 Å². The fourth-order valence-electron chi connectivity index (χ4n) is 3.43. The second-order valence-corrected chi connectivity index (χ2v) is 7.36. The molecule has 3 aromatic rings. The first-order chi connectivity index (χ1) is 13.8. The summed E-state index contributed by atoms with van der Waals surface area (Å²) in [6.45, 7) is 3.78. The number of fused-ring (bicyclic) bond motifs is 1. The molecule has 1 saturated heterocycles. The first-order valence-electron chi connectivity index (χ1n) is 9.41. The van der Waals surface area contributed by atoms with Gasteiger partial charge in [0.15, 0.2) is 0 Å². The van der Waals surface area contributed by atoms with E-state index in [1.54, 1.807) is 12.1 Å². The van der Waals surface area contributed by atoms with Crippen LogP contribution in [0.1, 0.15) is 22.8 Å². The van der Waals surface area contributed by atoms with E-state index >= 15 is 0 Å². The monoisotopic (exact) mass is 399 g/mol. The summed E-state index contributed by atoms with van der Waals surface area (Å²) in [6.07, 6.45) is -2.86. The van der Waals surface area contributed by atoms with E-state index in [4.69, 9.17) is 0 Å². The highest BCUT2D eigenvalue weighted by atomic mass is 19.4. The largest absolute Gasteiger partial charge is 0.416 e. The Morgan fingerprint density at radius 1 is 1.17 bits per heavy atom. The van der Waals surface area contributed by atoms with Crippen LogP contribution in [0.5, 0.6) is 0 Å². The van der Waals surface area contributed by atoms with Crippen molar-refractivity contribution < 1.29 is 18.0 Å². The number of para-hydroxylation sites is 1. The van der Waals surface area contributed by atoms with Crippen LogP contribution in [0.2, 0.25) is 0 Å². The number of hydrogen-bond donors (Lipinski definition) is 2. The molecule has 7 heteroatoms. The Bertz CT molecular complexity index is 1040. The number of benzene rings is 2. The molecule has 0 radical (unpaired) electrons. The highest BCUT2D eigenvalue weighted by molar-refractivity contribution is 6.00. The average molecular weight is 399 g/mol. The van der Waals surface area contributed by atoms with E-state index < -0.39 is 11.7 Å². The third kappa shape index (κ3) is 3.96. The van der Waals surface area contributed by atoms with Gasteiger partial charge in [-0.25, -0.2) is 0 Å². The molecule has 4 nitrogen and oxygen atoms in total. The molecule has 0 unspecified atom stereocenters. The number of pyridine rings is 1. The summed E-state index contributed by atoms with van der Waals surface area (Å²) < 4.78 is 38.4. The molecule has 4 rings (SSSR count). The molecular weight excluding hydrogens is 379 g/mol. The number of rotatable bonds is 4. The number of carbonyl (C=O) groups excluding carboxylic acids is 1. The molecular formula is C22H20F3N3O. The normalized spacial score (nSPS) is 15.7. The minimum Gasteiger partial charge on any atom is -0.349 e. The van der Waals surface area contributed by atoms with Gasteiger partial charge in [0, 0.05) is 42.2 Å². The molecule has 29 heavy (non-hydrogen) atoms. The Kier molecular flexibility index (Phi) is 5.00. The Labute approximate surface area is 166 Å². The van der Waals surface area contributed by atoms with E-state index in [0.29, 0.717) is 22.6 Å². The molecule has 1 aliphatic heterocycles. The lowest BCUT2D eigenvalue weighted by Crippen LogP contribution is -2.53. The van der Waals surface area contributed by atoms with Crippen LogP contribution in [-0.4, -0.2) is 30.0 Å². The molecule has 2 aromatic carbocycles. The lowest BCUT2D eigenvalue weighted by atomic mass is 9.95. The average Bonchev–Trinajstić information content (AvgIpc) is 2.65. The number of amides is 1. The van der Waals surface area contributed by atoms with Gasteiger partial charge in [-0.05, 0) is 30.7 Å². The quantitative estimate of drug-likeness (QED) is 0.689. The van der Waals surface area contributed by atoms with E-state index in [-0.39, 0.29) is 11.9 Å². The standard InChI is InChI=1S/C22H20F3N3O/c1-13(17-10-26-11-17)28-21(29)16-9-15-3-2-4-19(20(15)27-12-16)14-5-7-18(8-6-14)22(23,24)25/h2-9,12-13,17,26H,10-11H2,1H3,(H,28,29)/t13-/m0/s1. The molecule has 2 heterocycles. The zero-order valence-corrected chi connectivity index (χ0v) is 15.8. The van der Waals surface area contributed by atoms with Crippen LogP contribution in [0.3, 0.4) is 0 Å². The van der Waals surface area contributed by atoms with Crippen LogP contribution in [0, 0.1) is 5.92 Å². The number of nitrogens with one attached hydrogen (secondary N) is 2. The second kappa shape index (κ2) is 7.48. The van der Waals surface area contributed by atoms with Crippen molar-refractivity contribution in [2.24, 2.45) is 5.92 Å².